The van der Waals surface area contributed by atoms with Crippen LogP contribution in [-0.4, -0.2) is 44.7 Å². The lowest BCUT2D eigenvalue weighted by Crippen LogP contribution is -2.41. The van der Waals surface area contributed by atoms with Gasteiger partial charge in [0, 0.05) is 5.56 Å². The molecule has 1 saturated heterocycles. The second-order valence-corrected chi connectivity index (χ2v) is 8.23. The zero-order valence-electron chi connectivity index (χ0n) is 15.7. The number of benzene rings is 2. The van der Waals surface area contributed by atoms with Gasteiger partial charge in [-0.1, -0.05) is 24.3 Å². The maximum atomic E-state index is 12.9. The van der Waals surface area contributed by atoms with E-state index in [4.69, 9.17) is 9.88 Å². The number of imide groups is 1. The third-order valence-corrected chi connectivity index (χ3v) is 5.66. The summed E-state index contributed by atoms with van der Waals surface area (Å²) in [5, 5.41) is 7.64. The minimum Gasteiger partial charge on any atom is -0.497 e. The molecule has 0 bridgehead atoms. The van der Waals surface area contributed by atoms with Gasteiger partial charge in [0.2, 0.25) is 10.0 Å². The van der Waals surface area contributed by atoms with Crippen LogP contribution in [0.2, 0.25) is 0 Å². The first kappa shape index (κ1) is 20.5. The Morgan fingerprint density at radius 3 is 2.41 bits per heavy atom. The standard InChI is InChI=1S/C19H19N3O6S/c1-19(13-6-8-15(9-7-13)29(20,26)27)17(24)22(18(25)21-19)11-16(23)12-4-3-5-14(10-12)28-2/h3-10H,11H2,1-2H3,(H,21,25)(H2,20,26,27). The molecule has 2 aromatic carbocycles. The monoisotopic (exact) mass is 417 g/mol. The number of nitrogens with one attached hydrogen (secondary N) is 1. The fourth-order valence-electron chi connectivity index (χ4n) is 3.05. The first-order valence-corrected chi connectivity index (χ1v) is 10.1. The van der Waals surface area contributed by atoms with Crippen molar-refractivity contribution in [2.75, 3.05) is 13.7 Å². The number of ether oxygens (including phenoxy) is 1. The Hall–Kier alpha value is -3.24. The van der Waals surface area contributed by atoms with Crippen molar-refractivity contribution >= 4 is 27.7 Å². The van der Waals surface area contributed by atoms with Gasteiger partial charge in [-0.15, -0.1) is 0 Å². The van der Waals surface area contributed by atoms with Gasteiger partial charge in [0.05, 0.1) is 18.6 Å². The molecule has 1 aliphatic heterocycles. The van der Waals surface area contributed by atoms with E-state index >= 15 is 0 Å². The number of hydrogen-bond donors (Lipinski definition) is 2. The van der Waals surface area contributed by atoms with Gasteiger partial charge in [0.1, 0.15) is 11.3 Å². The summed E-state index contributed by atoms with van der Waals surface area (Å²) in [5.41, 5.74) is -0.779. The highest BCUT2D eigenvalue weighted by Gasteiger charge is 2.49. The van der Waals surface area contributed by atoms with Gasteiger partial charge in [-0.3, -0.25) is 14.5 Å². The van der Waals surface area contributed by atoms with Crippen LogP contribution in [0.1, 0.15) is 22.8 Å². The predicted molar refractivity (Wildman–Crippen MR) is 103 cm³/mol. The molecule has 1 heterocycles. The zero-order chi connectivity index (χ0) is 21.4. The van der Waals surface area contributed by atoms with E-state index in [1.165, 1.54) is 44.4 Å². The molecular weight excluding hydrogens is 398 g/mol. The Balaban J connectivity index is 1.84. The van der Waals surface area contributed by atoms with Crippen molar-refractivity contribution in [3.05, 3.63) is 59.7 Å². The van der Waals surface area contributed by atoms with Gasteiger partial charge < -0.3 is 10.1 Å². The van der Waals surface area contributed by atoms with Crippen LogP contribution in [-0.2, 0) is 20.4 Å². The molecule has 1 fully saturated rings. The summed E-state index contributed by atoms with van der Waals surface area (Å²) in [5.74, 6) is -0.573. The lowest BCUT2D eigenvalue weighted by atomic mass is 9.92. The molecule has 10 heteroatoms. The third kappa shape index (κ3) is 3.84. The van der Waals surface area contributed by atoms with Gasteiger partial charge in [0.25, 0.3) is 5.91 Å². The van der Waals surface area contributed by atoms with Crippen LogP contribution in [0.25, 0.3) is 0 Å². The van der Waals surface area contributed by atoms with Gasteiger partial charge in [-0.2, -0.15) is 0 Å². The number of urea groups is 1. The molecule has 1 unspecified atom stereocenters. The lowest BCUT2D eigenvalue weighted by Gasteiger charge is -2.22. The van der Waals surface area contributed by atoms with Gasteiger partial charge in [-0.05, 0) is 36.8 Å². The second-order valence-electron chi connectivity index (χ2n) is 6.67. The largest absolute Gasteiger partial charge is 0.497 e. The van der Waals surface area contributed by atoms with Crippen LogP contribution in [0.4, 0.5) is 4.79 Å². The van der Waals surface area contributed by atoms with Crippen LogP contribution in [0.15, 0.2) is 53.4 Å². The fourth-order valence-corrected chi connectivity index (χ4v) is 3.56. The van der Waals surface area contributed by atoms with Gasteiger partial charge in [-0.25, -0.2) is 18.4 Å². The average molecular weight is 417 g/mol. The van der Waals surface area contributed by atoms with E-state index in [2.05, 4.69) is 5.32 Å². The summed E-state index contributed by atoms with van der Waals surface area (Å²) < 4.78 is 27.9. The molecule has 3 N–H and O–H groups in total. The van der Waals surface area contributed by atoms with E-state index in [9.17, 15) is 22.8 Å². The number of primary sulfonamides is 1. The molecule has 0 saturated carbocycles. The summed E-state index contributed by atoms with van der Waals surface area (Å²) in [6, 6.07) is 11.0. The van der Waals surface area contributed by atoms with Crippen molar-refractivity contribution in [1.82, 2.24) is 10.2 Å². The number of nitrogens with zero attached hydrogens (tertiary/aromatic N) is 1. The Morgan fingerprint density at radius 1 is 1.17 bits per heavy atom. The normalized spacial score (nSPS) is 19.2. The van der Waals surface area contributed by atoms with E-state index in [1.54, 1.807) is 18.2 Å². The number of carbonyl (C=O) groups is 3. The SMILES string of the molecule is COc1cccc(C(=O)CN2C(=O)NC(C)(c3ccc(S(N)(=O)=O)cc3)C2=O)c1. The molecule has 2 aromatic rings. The maximum Gasteiger partial charge on any atom is 0.325 e. The minimum atomic E-state index is -3.89. The van der Waals surface area contributed by atoms with Crippen molar-refractivity contribution in [2.45, 2.75) is 17.4 Å². The smallest absolute Gasteiger partial charge is 0.325 e. The molecule has 1 aliphatic rings. The number of Topliss-reactive ketones (excluding diaryl/α,β-unsaturated/α-hetero) is 1. The first-order chi connectivity index (χ1) is 13.6. The van der Waals surface area contributed by atoms with Crippen molar-refractivity contribution in [3.63, 3.8) is 0 Å². The second kappa shape index (κ2) is 7.30. The molecular formula is C19H19N3O6S. The topological polar surface area (TPSA) is 136 Å². The van der Waals surface area contributed by atoms with Crippen molar-refractivity contribution in [2.24, 2.45) is 5.14 Å². The van der Waals surface area contributed by atoms with E-state index in [-0.39, 0.29) is 4.90 Å². The van der Waals surface area contributed by atoms with Gasteiger partial charge >= 0.3 is 6.03 Å². The Morgan fingerprint density at radius 2 is 1.83 bits per heavy atom. The summed E-state index contributed by atoms with van der Waals surface area (Å²) in [4.78, 5) is 38.6. The van der Waals surface area contributed by atoms with E-state index < -0.39 is 39.8 Å². The molecule has 9 nitrogen and oxygen atoms in total. The molecule has 0 aliphatic carbocycles. The highest BCUT2D eigenvalue weighted by Crippen LogP contribution is 2.29. The molecule has 0 spiro atoms. The number of nitrogens with two attached hydrogens (primary N) is 1. The molecule has 152 valence electrons. The molecule has 3 amide bonds. The summed E-state index contributed by atoms with van der Waals surface area (Å²) in [7, 11) is -2.42. The number of amides is 3. The van der Waals surface area contributed by atoms with Crippen molar-refractivity contribution in [3.8, 4) is 5.75 Å². The number of hydrogen-bond acceptors (Lipinski definition) is 6. The van der Waals surface area contributed by atoms with Crippen molar-refractivity contribution < 1.29 is 27.5 Å². The lowest BCUT2D eigenvalue weighted by molar-refractivity contribution is -0.130. The minimum absolute atomic E-state index is 0.119. The van der Waals surface area contributed by atoms with E-state index in [0.29, 0.717) is 16.9 Å². The zero-order valence-corrected chi connectivity index (χ0v) is 16.5. The average Bonchev–Trinajstić information content (AvgIpc) is 2.91. The number of ketones is 1. The predicted octanol–water partition coefficient (Wildman–Crippen LogP) is 0.992. The highest BCUT2D eigenvalue weighted by atomic mass is 32.2. The van der Waals surface area contributed by atoms with E-state index in [0.717, 1.165) is 4.90 Å². The van der Waals surface area contributed by atoms with Crippen LogP contribution < -0.4 is 15.2 Å². The number of rotatable bonds is 6. The summed E-state index contributed by atoms with van der Waals surface area (Å²) in [6.07, 6.45) is 0. The number of methoxy groups -OCH3 is 1. The van der Waals surface area contributed by atoms with Crippen LogP contribution in [0.3, 0.4) is 0 Å². The molecule has 29 heavy (non-hydrogen) atoms. The molecule has 0 radical (unpaired) electrons. The Bertz CT molecular complexity index is 1100. The number of carbonyl (C=O) groups excluding carboxylic acids is 3. The van der Waals surface area contributed by atoms with Crippen LogP contribution in [0, 0.1) is 0 Å². The maximum absolute atomic E-state index is 12.9. The molecule has 0 aromatic heterocycles. The fraction of sp³-hybridized carbons (Fsp3) is 0.211. The summed E-state index contributed by atoms with van der Waals surface area (Å²) >= 11 is 0. The molecule has 1 atom stereocenters. The van der Waals surface area contributed by atoms with E-state index in [1.807, 2.05) is 0 Å². The Labute approximate surface area is 167 Å². The van der Waals surface area contributed by atoms with Crippen molar-refractivity contribution in [1.29, 1.82) is 0 Å². The molecule has 3 rings (SSSR count). The van der Waals surface area contributed by atoms with Gasteiger partial charge in [0.15, 0.2) is 5.78 Å². The summed E-state index contributed by atoms with van der Waals surface area (Å²) in [6.45, 7) is 1.04. The quantitative estimate of drug-likeness (QED) is 0.531. The van der Waals surface area contributed by atoms with Crippen LogP contribution >= 0.6 is 0 Å². The van der Waals surface area contributed by atoms with Crippen LogP contribution in [0.5, 0.6) is 5.75 Å². The Kier molecular flexibility index (Phi) is 5.16. The number of sulfonamides is 1. The highest BCUT2D eigenvalue weighted by molar-refractivity contribution is 7.89. The first-order valence-electron chi connectivity index (χ1n) is 8.51. The third-order valence-electron chi connectivity index (χ3n) is 4.73.